The molecule has 5 nitrogen and oxygen atoms in total. The SMILES string of the molecule is CC.CCC.O=C(Nc1ccc2nn(C3CCC3)cc2c1)c1cccc(C(F)(F)F)n1. The molecule has 2 heterocycles. The standard InChI is InChI=1S/C18H15F3N4O.C3H8.C2H6/c19-18(20,21)16-6-2-5-15(23-16)17(26)22-12-7-8-14-11(9-12)10-25(24-14)13-3-1-4-13;1-3-2;1-2/h2,5-10,13H,1,3-4H2,(H,22,26);3H2,1-2H3;1-2H3. The molecule has 1 fully saturated rings. The van der Waals surface area contributed by atoms with E-state index in [1.807, 2.05) is 24.7 Å². The minimum absolute atomic E-state index is 0.287. The zero-order valence-electron chi connectivity index (χ0n) is 18.3. The highest BCUT2D eigenvalue weighted by molar-refractivity contribution is 6.03. The summed E-state index contributed by atoms with van der Waals surface area (Å²) in [6, 6.07) is 8.87. The lowest BCUT2D eigenvalue weighted by molar-refractivity contribution is -0.141. The third kappa shape index (κ3) is 6.29. The maximum Gasteiger partial charge on any atom is 0.433 e. The molecule has 3 aromatic rings. The zero-order valence-corrected chi connectivity index (χ0v) is 18.3. The second kappa shape index (κ2) is 10.9. The molecule has 0 unspecified atom stereocenters. The van der Waals surface area contributed by atoms with Crippen LogP contribution in [0.15, 0.2) is 42.6 Å². The number of hydrogen-bond donors (Lipinski definition) is 1. The first-order chi connectivity index (χ1) is 14.8. The molecule has 8 heteroatoms. The van der Waals surface area contributed by atoms with Crippen molar-refractivity contribution in [1.82, 2.24) is 14.8 Å². The summed E-state index contributed by atoms with van der Waals surface area (Å²) in [5, 5.41) is 7.98. The molecular weight excluding hydrogens is 405 g/mol. The van der Waals surface area contributed by atoms with Gasteiger partial charge in [0, 0.05) is 17.3 Å². The quantitative estimate of drug-likeness (QED) is 0.489. The molecule has 0 aliphatic heterocycles. The topological polar surface area (TPSA) is 59.8 Å². The van der Waals surface area contributed by atoms with E-state index in [1.165, 1.54) is 18.9 Å². The third-order valence-electron chi connectivity index (χ3n) is 4.50. The van der Waals surface area contributed by atoms with Crippen LogP contribution in [-0.4, -0.2) is 20.7 Å². The zero-order chi connectivity index (χ0) is 23.0. The van der Waals surface area contributed by atoms with Crippen LogP contribution in [0.2, 0.25) is 0 Å². The fourth-order valence-corrected chi connectivity index (χ4v) is 2.87. The Labute approximate surface area is 180 Å². The van der Waals surface area contributed by atoms with Gasteiger partial charge in [0.2, 0.25) is 0 Å². The molecule has 0 spiro atoms. The van der Waals surface area contributed by atoms with E-state index < -0.39 is 17.8 Å². The molecule has 1 saturated carbocycles. The number of nitrogens with one attached hydrogen (secondary N) is 1. The van der Waals surface area contributed by atoms with Gasteiger partial charge < -0.3 is 5.32 Å². The lowest BCUT2D eigenvalue weighted by Crippen LogP contribution is -2.17. The van der Waals surface area contributed by atoms with Gasteiger partial charge in [-0.05, 0) is 49.6 Å². The smallest absolute Gasteiger partial charge is 0.321 e. The second-order valence-electron chi connectivity index (χ2n) is 7.03. The fourth-order valence-electron chi connectivity index (χ4n) is 2.87. The fraction of sp³-hybridized carbons (Fsp3) is 0.435. The van der Waals surface area contributed by atoms with E-state index in [0.29, 0.717) is 11.7 Å². The monoisotopic (exact) mass is 434 g/mol. The van der Waals surface area contributed by atoms with Gasteiger partial charge in [-0.2, -0.15) is 18.3 Å². The molecule has 4 rings (SSSR count). The Morgan fingerprint density at radius 3 is 2.42 bits per heavy atom. The van der Waals surface area contributed by atoms with Gasteiger partial charge in [-0.15, -0.1) is 0 Å². The van der Waals surface area contributed by atoms with Crippen molar-refractivity contribution in [2.75, 3.05) is 5.32 Å². The molecule has 0 atom stereocenters. The van der Waals surface area contributed by atoms with Gasteiger partial charge >= 0.3 is 6.18 Å². The van der Waals surface area contributed by atoms with Crippen LogP contribution in [0.5, 0.6) is 0 Å². The Kier molecular flexibility index (Phi) is 8.59. The second-order valence-corrected chi connectivity index (χ2v) is 7.03. The van der Waals surface area contributed by atoms with Crippen LogP contribution >= 0.6 is 0 Å². The lowest BCUT2D eigenvalue weighted by Gasteiger charge is -2.25. The van der Waals surface area contributed by atoms with Crippen LogP contribution in [-0.2, 0) is 6.18 Å². The third-order valence-corrected chi connectivity index (χ3v) is 4.50. The Hall–Kier alpha value is -2.90. The van der Waals surface area contributed by atoms with Gasteiger partial charge in [0.05, 0.1) is 11.6 Å². The summed E-state index contributed by atoms with van der Waals surface area (Å²) in [5.41, 5.74) is -0.0885. The van der Waals surface area contributed by atoms with E-state index >= 15 is 0 Å². The predicted octanol–water partition coefficient (Wildman–Crippen LogP) is 6.87. The highest BCUT2D eigenvalue weighted by Crippen LogP contribution is 2.32. The number of carbonyl (C=O) groups is 1. The number of hydrogen-bond acceptors (Lipinski definition) is 3. The number of carbonyl (C=O) groups excluding carboxylic acids is 1. The molecule has 1 aliphatic carbocycles. The molecule has 0 bridgehead atoms. The Morgan fingerprint density at radius 2 is 1.84 bits per heavy atom. The van der Waals surface area contributed by atoms with Crippen molar-refractivity contribution >= 4 is 22.5 Å². The van der Waals surface area contributed by atoms with Gasteiger partial charge in [-0.1, -0.05) is 40.2 Å². The number of aromatic nitrogens is 3. The van der Waals surface area contributed by atoms with Crippen molar-refractivity contribution in [2.45, 2.75) is 65.6 Å². The van der Waals surface area contributed by atoms with Crippen molar-refractivity contribution in [3.05, 3.63) is 54.0 Å². The highest BCUT2D eigenvalue weighted by atomic mass is 19.4. The summed E-state index contributed by atoms with van der Waals surface area (Å²) in [5.74, 6) is -0.693. The molecule has 31 heavy (non-hydrogen) atoms. The van der Waals surface area contributed by atoms with Crippen LogP contribution in [0, 0.1) is 0 Å². The van der Waals surface area contributed by atoms with Gasteiger partial charge in [-0.25, -0.2) is 4.98 Å². The number of nitrogens with zero attached hydrogens (tertiary/aromatic N) is 3. The summed E-state index contributed by atoms with van der Waals surface area (Å²) in [6.07, 6.45) is 2.01. The maximum absolute atomic E-state index is 12.7. The summed E-state index contributed by atoms with van der Waals surface area (Å²) in [7, 11) is 0. The number of anilines is 1. The minimum atomic E-state index is -4.59. The van der Waals surface area contributed by atoms with Crippen LogP contribution < -0.4 is 5.32 Å². The number of fused-ring (bicyclic) bond motifs is 1. The Bertz CT molecular complexity index is 994. The first-order valence-electron chi connectivity index (χ1n) is 10.7. The Balaban J connectivity index is 0.000000630. The average molecular weight is 435 g/mol. The van der Waals surface area contributed by atoms with Crippen LogP contribution in [0.25, 0.3) is 10.9 Å². The molecule has 1 N–H and O–H groups in total. The molecule has 1 amide bonds. The van der Waals surface area contributed by atoms with Crippen molar-refractivity contribution < 1.29 is 18.0 Å². The Morgan fingerprint density at radius 1 is 1.16 bits per heavy atom. The number of rotatable bonds is 3. The number of pyridine rings is 1. The largest absolute Gasteiger partial charge is 0.433 e. The summed E-state index contributed by atoms with van der Waals surface area (Å²) in [4.78, 5) is 15.6. The predicted molar refractivity (Wildman–Crippen MR) is 117 cm³/mol. The molecule has 2 aromatic heterocycles. The van der Waals surface area contributed by atoms with Crippen molar-refractivity contribution in [3.8, 4) is 0 Å². The maximum atomic E-state index is 12.7. The van der Waals surface area contributed by atoms with E-state index in [1.54, 1.807) is 18.2 Å². The van der Waals surface area contributed by atoms with Gasteiger partial charge in [0.25, 0.3) is 5.91 Å². The lowest BCUT2D eigenvalue weighted by atomic mass is 9.93. The number of benzene rings is 1. The van der Waals surface area contributed by atoms with Crippen molar-refractivity contribution in [2.24, 2.45) is 0 Å². The van der Waals surface area contributed by atoms with Gasteiger partial charge in [0.15, 0.2) is 0 Å². The number of halogens is 3. The van der Waals surface area contributed by atoms with E-state index in [9.17, 15) is 18.0 Å². The minimum Gasteiger partial charge on any atom is -0.321 e. The first kappa shape index (κ1) is 24.4. The van der Waals surface area contributed by atoms with E-state index in [2.05, 4.69) is 29.2 Å². The van der Waals surface area contributed by atoms with Crippen molar-refractivity contribution in [1.29, 1.82) is 0 Å². The normalized spacial score (nSPS) is 13.4. The van der Waals surface area contributed by atoms with E-state index in [0.717, 1.165) is 35.9 Å². The molecule has 0 radical (unpaired) electrons. The molecule has 168 valence electrons. The van der Waals surface area contributed by atoms with Gasteiger partial charge in [-0.3, -0.25) is 9.48 Å². The highest BCUT2D eigenvalue weighted by Gasteiger charge is 2.33. The molecular formula is C23H29F3N4O. The van der Waals surface area contributed by atoms with Crippen LogP contribution in [0.3, 0.4) is 0 Å². The molecule has 0 saturated heterocycles. The van der Waals surface area contributed by atoms with Crippen LogP contribution in [0.1, 0.15) is 75.6 Å². The van der Waals surface area contributed by atoms with E-state index in [4.69, 9.17) is 0 Å². The summed E-state index contributed by atoms with van der Waals surface area (Å²) >= 11 is 0. The summed E-state index contributed by atoms with van der Waals surface area (Å²) in [6.45, 7) is 8.25. The molecule has 1 aromatic carbocycles. The average Bonchev–Trinajstić information content (AvgIpc) is 3.10. The summed E-state index contributed by atoms with van der Waals surface area (Å²) < 4.78 is 40.1. The number of amides is 1. The molecule has 1 aliphatic rings. The van der Waals surface area contributed by atoms with Gasteiger partial charge in [0.1, 0.15) is 11.4 Å². The van der Waals surface area contributed by atoms with Crippen molar-refractivity contribution in [3.63, 3.8) is 0 Å². The van der Waals surface area contributed by atoms with Crippen LogP contribution in [0.4, 0.5) is 18.9 Å². The number of alkyl halides is 3. The first-order valence-corrected chi connectivity index (χ1v) is 10.7. The van der Waals surface area contributed by atoms with E-state index in [-0.39, 0.29) is 5.69 Å².